The van der Waals surface area contributed by atoms with Crippen LogP contribution in [0.4, 0.5) is 4.79 Å². The minimum absolute atomic E-state index is 0. The first-order valence-corrected chi connectivity index (χ1v) is 0.612. The van der Waals surface area contributed by atoms with E-state index in [9.17, 15) is 0 Å². The molecule has 0 radical (unpaired) electrons. The van der Waals surface area contributed by atoms with Gasteiger partial charge in [0.25, 0.3) is 0 Å². The average molecular weight is 181 g/mol. The maximum atomic E-state index is 8.33. The van der Waals surface area contributed by atoms with Crippen molar-refractivity contribution in [2.45, 2.75) is 0 Å². The zero-order valence-corrected chi connectivity index (χ0v) is 6.47. The summed E-state index contributed by atoms with van der Waals surface area (Å²) in [6.07, 6.45) is -2.33. The Labute approximate surface area is 45.6 Å². The van der Waals surface area contributed by atoms with Crippen LogP contribution in [0.5, 0.6) is 0 Å². The molecule has 0 aliphatic rings. The number of rotatable bonds is 0. The summed E-state index contributed by atoms with van der Waals surface area (Å²) >= 11 is 0. The van der Waals surface area contributed by atoms with Gasteiger partial charge in [0.1, 0.15) is 0 Å². The second-order valence-electron chi connectivity index (χ2n) is 0.250. The van der Waals surface area contributed by atoms with Crippen molar-refractivity contribution in [3.63, 3.8) is 0 Å². The molecule has 0 atom stereocenters. The Bertz CT molecular complexity index is 29.9. The van der Waals surface area contributed by atoms with Crippen LogP contribution in [-0.4, -0.2) is 30.1 Å². The molecule has 0 saturated heterocycles. The van der Waals surface area contributed by atoms with E-state index in [1.807, 2.05) is 0 Å². The Kier molecular flexibility index (Phi) is 7.25. The normalized spacial score (nSPS) is 4.80. The van der Waals surface area contributed by atoms with Crippen molar-refractivity contribution in [3.05, 3.63) is 0 Å². The van der Waals surface area contributed by atoms with Crippen LogP contribution in [0.15, 0.2) is 0 Å². The van der Waals surface area contributed by atoms with Gasteiger partial charge < -0.3 is 15.0 Å². The van der Waals surface area contributed by atoms with Gasteiger partial charge in [-0.25, -0.2) is 0 Å². The van der Waals surface area contributed by atoms with Crippen molar-refractivity contribution in [1.29, 1.82) is 0 Å². The van der Waals surface area contributed by atoms with Crippen LogP contribution in [0.3, 0.4) is 0 Å². The quantitative estimate of drug-likeness (QED) is 0.366. The molecule has 0 rings (SSSR count). The van der Waals surface area contributed by atoms with Gasteiger partial charge in [0.2, 0.25) is 0 Å². The van der Waals surface area contributed by atoms with E-state index in [-0.39, 0.29) is 23.9 Å². The average Bonchev–Trinajstić information content (AvgIpc) is 0.811. The Morgan fingerprint density at radius 1 is 1.40 bits per heavy atom. The maximum absolute atomic E-state index is 8.33. The molecule has 0 unspecified atom stereocenters. The molecule has 0 aromatic carbocycles. The standard InChI is InChI=1S/CH2O3.Sn.2H/c2-1(3)4;;;/h(H2,2,3,4);;;/q;+2;;/p-2. The van der Waals surface area contributed by atoms with Gasteiger partial charge in [-0.3, -0.25) is 0 Å². The second-order valence-corrected chi connectivity index (χ2v) is 0.250. The molecule has 0 amide bonds. The summed E-state index contributed by atoms with van der Waals surface area (Å²) in [7, 11) is 0. The van der Waals surface area contributed by atoms with Crippen molar-refractivity contribution in [3.8, 4) is 0 Å². The van der Waals surface area contributed by atoms with Gasteiger partial charge in [0.15, 0.2) is 0 Å². The predicted octanol–water partition coefficient (Wildman–Crippen LogP) is -3.36. The first kappa shape index (κ1) is 8.91. The van der Waals surface area contributed by atoms with Gasteiger partial charge in [0.05, 0.1) is 0 Å². The summed E-state index contributed by atoms with van der Waals surface area (Å²) in [6, 6.07) is 0. The van der Waals surface area contributed by atoms with Crippen LogP contribution in [0, 0.1) is 0 Å². The molecule has 5 heavy (non-hydrogen) atoms. The molecule has 4 heteroatoms. The fourth-order valence-electron chi connectivity index (χ4n) is 0. The number of carboxylic acid groups (broad SMARTS) is 2. The first-order chi connectivity index (χ1) is 1.73. The molecule has 0 aliphatic heterocycles. The van der Waals surface area contributed by atoms with E-state index in [2.05, 4.69) is 0 Å². The van der Waals surface area contributed by atoms with E-state index in [1.54, 1.807) is 0 Å². The summed E-state index contributed by atoms with van der Waals surface area (Å²) in [5, 5.41) is 16.7. The van der Waals surface area contributed by atoms with E-state index in [4.69, 9.17) is 15.0 Å². The van der Waals surface area contributed by atoms with Gasteiger partial charge in [0, 0.05) is 0 Å². The molecule has 0 spiro atoms. The van der Waals surface area contributed by atoms with E-state index >= 15 is 0 Å². The van der Waals surface area contributed by atoms with Gasteiger partial charge in [-0.2, -0.15) is 0 Å². The molecule has 0 bridgehead atoms. The number of hydrogen-bond acceptors (Lipinski definition) is 3. The van der Waals surface area contributed by atoms with Crippen LogP contribution in [-0.2, 0) is 0 Å². The Hall–Kier alpha value is 0.0687. The third-order valence-corrected chi connectivity index (χ3v) is 0. The number of carbonyl (C=O) groups excluding carboxylic acids is 1. The molecule has 0 N–H and O–H groups in total. The zero-order valence-electron chi connectivity index (χ0n) is 2.43. The molecule has 0 aromatic heterocycles. The predicted molar refractivity (Wildman–Crippen MR) is 13.9 cm³/mol. The molecule has 0 saturated carbocycles. The van der Waals surface area contributed by atoms with Gasteiger partial charge >= 0.3 is 23.9 Å². The third-order valence-electron chi connectivity index (χ3n) is 0. The fraction of sp³-hybridized carbons (Fsp3) is 0. The van der Waals surface area contributed by atoms with Crippen LogP contribution < -0.4 is 10.2 Å². The summed E-state index contributed by atoms with van der Waals surface area (Å²) in [5.41, 5.74) is 0. The molecule has 28 valence electrons. The second kappa shape index (κ2) is 4.07. The SMILES string of the molecule is O=C([O-])[O-].[SnH2+2]. The minimum atomic E-state index is -2.33. The van der Waals surface area contributed by atoms with Crippen molar-refractivity contribution < 1.29 is 15.0 Å². The summed E-state index contributed by atoms with van der Waals surface area (Å²) in [6.45, 7) is 0. The molecule has 0 heterocycles. The molecular formula is CH2O3Sn. The van der Waals surface area contributed by atoms with E-state index in [1.165, 1.54) is 0 Å². The first-order valence-electron chi connectivity index (χ1n) is 0.612. The zero-order chi connectivity index (χ0) is 3.58. The van der Waals surface area contributed by atoms with Crippen molar-refractivity contribution in [2.24, 2.45) is 0 Å². The molecule has 0 aromatic rings. The van der Waals surface area contributed by atoms with Crippen molar-refractivity contribution >= 4 is 30.1 Å². The van der Waals surface area contributed by atoms with Crippen LogP contribution >= 0.6 is 0 Å². The van der Waals surface area contributed by atoms with Crippen molar-refractivity contribution in [2.75, 3.05) is 0 Å². The number of hydrogen-bond donors (Lipinski definition) is 0. The van der Waals surface area contributed by atoms with Crippen LogP contribution in [0.1, 0.15) is 0 Å². The Balaban J connectivity index is 0. The topological polar surface area (TPSA) is 63.2 Å². The fourth-order valence-corrected chi connectivity index (χ4v) is 0. The molecular weight excluding hydrogens is 179 g/mol. The summed E-state index contributed by atoms with van der Waals surface area (Å²) in [5.74, 6) is 0. The molecule has 0 aliphatic carbocycles. The van der Waals surface area contributed by atoms with E-state index in [0.717, 1.165) is 0 Å². The number of carbonyl (C=O) groups is 1. The van der Waals surface area contributed by atoms with E-state index < -0.39 is 6.16 Å². The van der Waals surface area contributed by atoms with E-state index in [0.29, 0.717) is 0 Å². The third kappa shape index (κ3) is 3690. The van der Waals surface area contributed by atoms with Gasteiger partial charge in [-0.05, 0) is 6.16 Å². The van der Waals surface area contributed by atoms with Gasteiger partial charge in [-0.1, -0.05) is 0 Å². The van der Waals surface area contributed by atoms with Crippen molar-refractivity contribution in [1.82, 2.24) is 0 Å². The Morgan fingerprint density at radius 2 is 1.40 bits per heavy atom. The van der Waals surface area contributed by atoms with Crippen LogP contribution in [0.25, 0.3) is 0 Å². The molecule has 3 nitrogen and oxygen atoms in total. The van der Waals surface area contributed by atoms with Gasteiger partial charge in [-0.15, -0.1) is 0 Å². The van der Waals surface area contributed by atoms with Crippen LogP contribution in [0.2, 0.25) is 0 Å². The Morgan fingerprint density at radius 3 is 1.40 bits per heavy atom. The monoisotopic (exact) mass is 182 g/mol. The summed E-state index contributed by atoms with van der Waals surface area (Å²) < 4.78 is 0. The summed E-state index contributed by atoms with van der Waals surface area (Å²) in [4.78, 5) is 8.33. The molecule has 0 fully saturated rings.